The van der Waals surface area contributed by atoms with Crippen molar-refractivity contribution >= 4 is 12.3 Å². The fourth-order valence-electron chi connectivity index (χ4n) is 2.19. The molecule has 1 atom stereocenters. The summed E-state index contributed by atoms with van der Waals surface area (Å²) in [6.45, 7) is 2.08. The molecule has 0 saturated heterocycles. The number of carbonyl (C=O) groups excluding carboxylic acids is 2. The van der Waals surface area contributed by atoms with Crippen molar-refractivity contribution in [1.82, 2.24) is 0 Å². The quantitative estimate of drug-likeness (QED) is 0.618. The van der Waals surface area contributed by atoms with E-state index in [4.69, 9.17) is 4.74 Å². The average Bonchev–Trinajstić information content (AvgIpc) is 2.49. The van der Waals surface area contributed by atoms with Crippen LogP contribution < -0.4 is 0 Å². The molecule has 0 radical (unpaired) electrons. The van der Waals surface area contributed by atoms with Crippen molar-refractivity contribution in [2.45, 2.75) is 12.8 Å². The Hall–Kier alpha value is -2.42. The van der Waals surface area contributed by atoms with E-state index in [9.17, 15) is 9.59 Å². The highest BCUT2D eigenvalue weighted by Crippen LogP contribution is 2.28. The molecule has 3 nitrogen and oxygen atoms in total. The topological polar surface area (TPSA) is 43.4 Å². The lowest BCUT2D eigenvalue weighted by atomic mass is 9.88. The molecule has 3 heteroatoms. The first-order valence-corrected chi connectivity index (χ1v) is 6.53. The molecule has 102 valence electrons. The maximum absolute atomic E-state index is 12.3. The van der Waals surface area contributed by atoms with E-state index in [1.54, 1.807) is 25.1 Å². The van der Waals surface area contributed by atoms with Gasteiger partial charge in [-0.3, -0.25) is 9.59 Å². The van der Waals surface area contributed by atoms with Gasteiger partial charge in [-0.2, -0.15) is 0 Å². The Bertz CT molecular complexity index is 590. The minimum absolute atomic E-state index is 0.311. The van der Waals surface area contributed by atoms with Crippen LogP contribution in [0.25, 0.3) is 0 Å². The average molecular weight is 268 g/mol. The summed E-state index contributed by atoms with van der Waals surface area (Å²) in [6, 6.07) is 16.4. The molecule has 0 N–H and O–H groups in total. The Balaban J connectivity index is 2.52. The first-order valence-electron chi connectivity index (χ1n) is 6.53. The highest BCUT2D eigenvalue weighted by Gasteiger charge is 2.25. The Morgan fingerprint density at radius 2 is 1.75 bits per heavy atom. The van der Waals surface area contributed by atoms with Crippen molar-refractivity contribution in [3.05, 3.63) is 71.3 Å². The van der Waals surface area contributed by atoms with Gasteiger partial charge in [-0.25, -0.2) is 0 Å². The van der Waals surface area contributed by atoms with Crippen molar-refractivity contribution in [3.63, 3.8) is 0 Å². The normalized spacial score (nSPS) is 11.7. The molecule has 2 aromatic carbocycles. The van der Waals surface area contributed by atoms with Crippen molar-refractivity contribution < 1.29 is 14.3 Å². The van der Waals surface area contributed by atoms with Gasteiger partial charge in [0, 0.05) is 5.56 Å². The molecular formula is C17H16O3. The van der Waals surface area contributed by atoms with Crippen molar-refractivity contribution in [2.24, 2.45) is 0 Å². The first-order chi connectivity index (χ1) is 9.77. The number of benzene rings is 2. The molecule has 0 aromatic heterocycles. The third-order valence-electron chi connectivity index (χ3n) is 3.09. The second-order valence-corrected chi connectivity index (χ2v) is 4.34. The summed E-state index contributed by atoms with van der Waals surface area (Å²) >= 11 is 0. The van der Waals surface area contributed by atoms with Crippen molar-refractivity contribution in [1.29, 1.82) is 0 Å². The minimum atomic E-state index is -0.572. The highest BCUT2D eigenvalue weighted by molar-refractivity contribution is 5.87. The van der Waals surface area contributed by atoms with Crippen LogP contribution in [0.3, 0.4) is 0 Å². The number of esters is 1. The molecule has 2 rings (SSSR count). The van der Waals surface area contributed by atoms with Crippen LogP contribution in [0, 0.1) is 0 Å². The molecule has 0 aliphatic heterocycles. The van der Waals surface area contributed by atoms with Crippen LogP contribution in [0.15, 0.2) is 54.6 Å². The predicted octanol–water partition coefficient (Wildman–Crippen LogP) is 3.19. The third-order valence-corrected chi connectivity index (χ3v) is 3.09. The van der Waals surface area contributed by atoms with E-state index < -0.39 is 5.92 Å². The first kappa shape index (κ1) is 14.0. The summed E-state index contributed by atoms with van der Waals surface area (Å²) in [7, 11) is 0. The summed E-state index contributed by atoms with van der Waals surface area (Å²) in [5.41, 5.74) is 2.00. The fraction of sp³-hybridized carbons (Fsp3) is 0.176. The van der Waals surface area contributed by atoms with E-state index in [0.29, 0.717) is 17.7 Å². The molecule has 0 fully saturated rings. The van der Waals surface area contributed by atoms with Crippen LogP contribution in [-0.4, -0.2) is 18.9 Å². The van der Waals surface area contributed by atoms with Crippen LogP contribution in [0.4, 0.5) is 0 Å². The van der Waals surface area contributed by atoms with Gasteiger partial charge >= 0.3 is 5.97 Å². The van der Waals surface area contributed by atoms with Crippen LogP contribution in [0.5, 0.6) is 0 Å². The number of hydrogen-bond acceptors (Lipinski definition) is 3. The molecule has 0 amide bonds. The predicted molar refractivity (Wildman–Crippen MR) is 76.7 cm³/mol. The SMILES string of the molecule is CCOC(=O)C(c1ccccc1)c1ccccc1C=O. The molecule has 20 heavy (non-hydrogen) atoms. The third kappa shape index (κ3) is 2.94. The molecule has 0 aliphatic rings. The van der Waals surface area contributed by atoms with Gasteiger partial charge in [0.1, 0.15) is 12.2 Å². The largest absolute Gasteiger partial charge is 0.465 e. The Morgan fingerprint density at radius 1 is 1.10 bits per heavy atom. The smallest absolute Gasteiger partial charge is 0.317 e. The van der Waals surface area contributed by atoms with E-state index >= 15 is 0 Å². The Labute approximate surface area is 118 Å². The number of carbonyl (C=O) groups is 2. The monoisotopic (exact) mass is 268 g/mol. The lowest BCUT2D eigenvalue weighted by molar-refractivity contribution is -0.143. The summed E-state index contributed by atoms with van der Waals surface area (Å²) in [6.07, 6.45) is 0.768. The van der Waals surface area contributed by atoms with Crippen LogP contribution in [-0.2, 0) is 9.53 Å². The maximum Gasteiger partial charge on any atom is 0.317 e. The Kier molecular flexibility index (Phi) is 4.66. The van der Waals surface area contributed by atoms with Gasteiger partial charge in [0.25, 0.3) is 0 Å². The lowest BCUT2D eigenvalue weighted by Gasteiger charge is -2.18. The fourth-order valence-corrected chi connectivity index (χ4v) is 2.19. The lowest BCUT2D eigenvalue weighted by Crippen LogP contribution is -2.18. The van der Waals surface area contributed by atoms with Gasteiger partial charge in [0.05, 0.1) is 6.61 Å². The summed E-state index contributed by atoms with van der Waals surface area (Å²) in [5, 5.41) is 0. The van der Waals surface area contributed by atoms with Gasteiger partial charge in [0.2, 0.25) is 0 Å². The van der Waals surface area contributed by atoms with Crippen LogP contribution in [0.2, 0.25) is 0 Å². The van der Waals surface area contributed by atoms with Gasteiger partial charge in [-0.1, -0.05) is 54.6 Å². The van der Waals surface area contributed by atoms with Gasteiger partial charge in [-0.15, -0.1) is 0 Å². The molecule has 0 aliphatic carbocycles. The maximum atomic E-state index is 12.3. The molecule has 1 unspecified atom stereocenters. The van der Waals surface area contributed by atoms with Gasteiger partial charge in [-0.05, 0) is 18.1 Å². The van der Waals surface area contributed by atoms with E-state index in [1.165, 1.54) is 0 Å². The molecule has 0 bridgehead atoms. The molecular weight excluding hydrogens is 252 g/mol. The van der Waals surface area contributed by atoms with Gasteiger partial charge < -0.3 is 4.74 Å². The molecule has 2 aromatic rings. The van der Waals surface area contributed by atoms with E-state index in [0.717, 1.165) is 11.8 Å². The number of hydrogen-bond donors (Lipinski definition) is 0. The molecule has 0 heterocycles. The van der Waals surface area contributed by atoms with Gasteiger partial charge in [0.15, 0.2) is 0 Å². The van der Waals surface area contributed by atoms with Crippen LogP contribution >= 0.6 is 0 Å². The van der Waals surface area contributed by atoms with Crippen molar-refractivity contribution in [2.75, 3.05) is 6.61 Å². The zero-order valence-electron chi connectivity index (χ0n) is 11.3. The Morgan fingerprint density at radius 3 is 2.40 bits per heavy atom. The molecule has 0 saturated carbocycles. The summed E-state index contributed by atoms with van der Waals surface area (Å²) in [4.78, 5) is 23.5. The van der Waals surface area contributed by atoms with Crippen LogP contribution in [0.1, 0.15) is 34.3 Å². The highest BCUT2D eigenvalue weighted by atomic mass is 16.5. The number of aldehydes is 1. The van der Waals surface area contributed by atoms with E-state index in [1.807, 2.05) is 36.4 Å². The van der Waals surface area contributed by atoms with E-state index in [2.05, 4.69) is 0 Å². The second-order valence-electron chi connectivity index (χ2n) is 4.34. The zero-order chi connectivity index (χ0) is 14.4. The number of rotatable bonds is 5. The molecule has 0 spiro atoms. The standard InChI is InChI=1S/C17H16O3/c1-2-20-17(19)16(13-8-4-3-5-9-13)15-11-7-6-10-14(15)12-18/h3-12,16H,2H2,1H3. The van der Waals surface area contributed by atoms with Crippen molar-refractivity contribution in [3.8, 4) is 0 Å². The number of ether oxygens (including phenoxy) is 1. The van der Waals surface area contributed by atoms with E-state index in [-0.39, 0.29) is 5.97 Å². The zero-order valence-corrected chi connectivity index (χ0v) is 11.3. The summed E-state index contributed by atoms with van der Waals surface area (Å²) in [5.74, 6) is -0.912. The second kappa shape index (κ2) is 6.66. The minimum Gasteiger partial charge on any atom is -0.465 e. The summed E-state index contributed by atoms with van der Waals surface area (Å²) < 4.78 is 5.16.